The number of benzene rings is 6. The van der Waals surface area contributed by atoms with Crippen LogP contribution in [0.2, 0.25) is 6.32 Å². The van der Waals surface area contributed by atoms with E-state index >= 15 is 17.6 Å². The van der Waals surface area contributed by atoms with Gasteiger partial charge < -0.3 is 85.8 Å². The summed E-state index contributed by atoms with van der Waals surface area (Å²) in [5.41, 5.74) is -3.40. The molecule has 0 radical (unpaired) electrons. The summed E-state index contributed by atoms with van der Waals surface area (Å²) in [5, 5.41) is 15.8. The number of hydrogen-bond donors (Lipinski definition) is 2. The minimum atomic E-state index is -1.81. The topological polar surface area (TPSA) is 256 Å². The number of ether oxygens (including phenoxy) is 16. The van der Waals surface area contributed by atoms with E-state index in [0.29, 0.717) is 30.6 Å². The molecule has 0 heterocycles. The molecule has 0 spiro atoms. The van der Waals surface area contributed by atoms with Gasteiger partial charge in [-0.1, -0.05) is 14.4 Å². The number of methoxy groups -OCH3 is 4. The Morgan fingerprint density at radius 2 is 0.480 bits per heavy atom. The van der Waals surface area contributed by atoms with Crippen molar-refractivity contribution in [2.75, 3.05) is 108 Å². The predicted molar refractivity (Wildman–Crippen MR) is 377 cm³/mol. The average molecular weight is 1580 g/mol. The van der Waals surface area contributed by atoms with Gasteiger partial charge in [0.1, 0.15) is 0 Å². The van der Waals surface area contributed by atoms with Crippen LogP contribution in [0.4, 0.5) is 26.3 Å². The van der Waals surface area contributed by atoms with Crippen molar-refractivity contribution >= 4 is 62.9 Å². The fourth-order valence-electron chi connectivity index (χ4n) is 10.1. The number of rotatable bonds is 33. The maximum Gasteiger partial charge on any atom is 0.451 e. The third-order valence-corrected chi connectivity index (χ3v) is 15.3. The Labute approximate surface area is 606 Å². The van der Waals surface area contributed by atoms with Crippen molar-refractivity contribution in [3.63, 3.8) is 0 Å². The molecule has 0 aliphatic heterocycles. The summed E-state index contributed by atoms with van der Waals surface area (Å²) < 4.78 is 183. The predicted octanol–water partition coefficient (Wildman–Crippen LogP) is 16.4. The van der Waals surface area contributed by atoms with Crippen LogP contribution >= 0.6 is 31.9 Å². The van der Waals surface area contributed by atoms with E-state index in [4.69, 9.17) is 85.8 Å². The van der Waals surface area contributed by atoms with Crippen molar-refractivity contribution in [3.8, 4) is 114 Å². The highest BCUT2D eigenvalue weighted by molar-refractivity contribution is 9.11. The van der Waals surface area contributed by atoms with Crippen LogP contribution in [0.3, 0.4) is 0 Å². The summed E-state index contributed by atoms with van der Waals surface area (Å²) in [5.74, 6) is -14.6. The molecule has 0 atom stereocenters. The van der Waals surface area contributed by atoms with Gasteiger partial charge in [0.15, 0.2) is 80.9 Å². The summed E-state index contributed by atoms with van der Waals surface area (Å²) >= 11 is 7.08. The third kappa shape index (κ3) is 19.1. The van der Waals surface area contributed by atoms with Crippen LogP contribution in [0.15, 0.2) is 33.2 Å². The molecule has 0 fully saturated rings. The van der Waals surface area contributed by atoms with E-state index in [1.807, 2.05) is 0 Å². The molecule has 0 amide bonds. The normalized spacial score (nSPS) is 10.5. The number of carbonyl (C=O) groups excluding carboxylic acids is 4. The lowest BCUT2D eigenvalue weighted by atomic mass is 9.83. The van der Waals surface area contributed by atoms with Crippen molar-refractivity contribution < 1.29 is 131 Å². The molecule has 0 unspecified atom stereocenters. The Morgan fingerprint density at radius 1 is 0.314 bits per heavy atom. The smallest absolute Gasteiger partial charge is 0.451 e. The van der Waals surface area contributed by atoms with Crippen LogP contribution in [-0.4, -0.2) is 149 Å². The van der Waals surface area contributed by atoms with Crippen molar-refractivity contribution in [2.45, 2.75) is 104 Å². The highest BCUT2D eigenvalue weighted by atomic mass is 79.9. The fraction of sp³-hybridized carbons (Fsp3) is 0.437. The first-order valence-electron chi connectivity index (χ1n) is 32.1. The molecule has 0 aliphatic carbocycles. The summed E-state index contributed by atoms with van der Waals surface area (Å²) in [4.78, 5) is 55.6. The maximum atomic E-state index is 15.1. The lowest BCUT2D eigenvalue weighted by Crippen LogP contribution is -2.17. The zero-order valence-corrected chi connectivity index (χ0v) is 62.3. The van der Waals surface area contributed by atoms with E-state index < -0.39 is 110 Å². The molecule has 0 aliphatic rings. The molecule has 6 aromatic rings. The molecule has 0 bridgehead atoms. The van der Waals surface area contributed by atoms with Gasteiger partial charge in [-0.05, 0) is 157 Å². The average Bonchev–Trinajstić information content (AvgIpc) is 0.706. The van der Waals surface area contributed by atoms with E-state index in [1.54, 1.807) is 90.0 Å². The zero-order chi connectivity index (χ0) is 75.7. The van der Waals surface area contributed by atoms with E-state index in [1.165, 1.54) is 14.2 Å². The number of esters is 4. The second kappa shape index (κ2) is 42.0. The van der Waals surface area contributed by atoms with Gasteiger partial charge in [-0.2, -0.15) is 0 Å². The molecule has 6 rings (SSSR count). The van der Waals surface area contributed by atoms with Crippen molar-refractivity contribution in [3.05, 3.63) is 90.4 Å². The first kappa shape index (κ1) is 87.5. The Morgan fingerprint density at radius 3 is 0.676 bits per heavy atom. The molecule has 2 N–H and O–H groups in total. The molecule has 22 nitrogen and oxygen atoms in total. The number of carbonyl (C=O) groups is 4. The van der Waals surface area contributed by atoms with Gasteiger partial charge >= 0.3 is 31.0 Å². The van der Waals surface area contributed by atoms with Crippen molar-refractivity contribution in [1.82, 2.24) is 0 Å². The molecule has 562 valence electrons. The molecule has 0 saturated carbocycles. The van der Waals surface area contributed by atoms with Gasteiger partial charge in [0.25, 0.3) is 0 Å². The van der Waals surface area contributed by atoms with Crippen molar-refractivity contribution in [1.29, 1.82) is 0 Å². The number of hydrogen-bond acceptors (Lipinski definition) is 22. The van der Waals surface area contributed by atoms with Crippen LogP contribution in [0, 0.1) is 34.9 Å². The Hall–Kier alpha value is -8.68. The van der Waals surface area contributed by atoms with E-state index in [2.05, 4.69) is 31.9 Å². The van der Waals surface area contributed by atoms with Gasteiger partial charge in [0.2, 0.25) is 23.0 Å². The largest absolute Gasteiger partial charge is 0.489 e. The van der Waals surface area contributed by atoms with Gasteiger partial charge in [0.05, 0.1) is 139 Å². The standard InChI is InChI=1S/C40H40F6O10.C28H36Br2O10.C2H7BO2.CH4/c1-9-51-33-25(19-15-21(41)31(45)22(42)16-19)29(39(47)49-7)27(35(53-11-3)37(33)55-13-5)28-30(40(48)50-8)26(20-17-23(43)32(46)24(44)18-20)34(52-10-2)38(56-14-6)36(28)54-12-4;1-9-35-21-15(17(27(31)33-7)19(29)23(37-11-3)25(21)39-13-5)16-18(28(32)34-8)20(30)24(38-12-4)26(40-14-6)22(16)36-10-2;1-2-3(4)5;/h15-18H,9-14H2,1-8H3;9-14H2,1-8H3;4-5H,2H2,1H3;1H4. The third-order valence-electron chi connectivity index (χ3n) is 13.8. The minimum absolute atomic E-state index is 0. The minimum Gasteiger partial charge on any atom is -0.489 e. The van der Waals surface area contributed by atoms with Gasteiger partial charge in [-0.25, -0.2) is 45.5 Å². The molecule has 31 heteroatoms. The van der Waals surface area contributed by atoms with Crippen LogP contribution in [0.5, 0.6) is 69.0 Å². The van der Waals surface area contributed by atoms with Crippen LogP contribution in [0.1, 0.15) is 139 Å². The van der Waals surface area contributed by atoms with Crippen LogP contribution in [-0.2, 0) is 18.9 Å². The SMILES string of the molecule is C.CCB(O)O.CCOc1c(Br)c(C(=O)OC)c(-c2c(OCC)c(OCC)c(OCC)c(Br)c2C(=O)OC)c(OCC)c1OCC.CCOc1c(OCC)c(-c2cc(F)c(F)c(F)c2)c(C(=O)OC)c(-c2c(OCC)c(OCC)c(OCC)c(-c3cc(F)c(F)c(F)c3)c2C(=O)OC)c1OCC. The quantitative estimate of drug-likeness (QED) is 0.0128. The highest BCUT2D eigenvalue weighted by Crippen LogP contribution is 2.62. The van der Waals surface area contributed by atoms with Gasteiger partial charge in [-0.15, -0.1) is 0 Å². The first-order chi connectivity index (χ1) is 48.3. The first-order valence-corrected chi connectivity index (χ1v) is 33.7. The molecular weight excluding hydrogens is 1490 g/mol. The summed E-state index contributed by atoms with van der Waals surface area (Å²) in [6.07, 6.45) is 0.417. The summed E-state index contributed by atoms with van der Waals surface area (Å²) in [7, 11) is 3.36. The van der Waals surface area contributed by atoms with Crippen molar-refractivity contribution in [2.24, 2.45) is 0 Å². The van der Waals surface area contributed by atoms with E-state index in [0.717, 1.165) is 14.2 Å². The summed E-state index contributed by atoms with van der Waals surface area (Å²) in [6.45, 7) is 22.6. The van der Waals surface area contributed by atoms with Gasteiger partial charge in [-0.3, -0.25) is 0 Å². The molecule has 6 aromatic carbocycles. The zero-order valence-electron chi connectivity index (χ0n) is 59.2. The number of halogens is 8. The second-order valence-corrected chi connectivity index (χ2v) is 21.5. The Kier molecular flexibility index (Phi) is 36.1. The monoisotopic (exact) mass is 1570 g/mol. The van der Waals surface area contributed by atoms with Crippen LogP contribution < -0.4 is 56.8 Å². The highest BCUT2D eigenvalue weighted by Gasteiger charge is 2.43. The van der Waals surface area contributed by atoms with E-state index in [-0.39, 0.29) is 187 Å². The van der Waals surface area contributed by atoms with E-state index in [9.17, 15) is 28.0 Å². The molecule has 102 heavy (non-hydrogen) atoms. The fourth-order valence-corrected chi connectivity index (χ4v) is 11.4. The summed E-state index contributed by atoms with van der Waals surface area (Å²) in [6, 6.07) is 2.41. The lowest BCUT2D eigenvalue weighted by molar-refractivity contribution is 0.0587. The molecule has 0 saturated heterocycles. The molecular formula is C71H87BBr2F6O22. The van der Waals surface area contributed by atoms with Crippen LogP contribution in [0.25, 0.3) is 44.5 Å². The second-order valence-electron chi connectivity index (χ2n) is 19.9. The van der Waals surface area contributed by atoms with Gasteiger partial charge in [0, 0.05) is 33.4 Å². The maximum absolute atomic E-state index is 15.1. The molecule has 0 aromatic heterocycles. The Balaban J connectivity index is 0.000000516. The Bertz CT molecular complexity index is 3610. The lowest BCUT2D eigenvalue weighted by Gasteiger charge is -2.29.